The molecule has 0 radical (unpaired) electrons. The van der Waals surface area contributed by atoms with Gasteiger partial charge in [-0.3, -0.25) is 0 Å². The molecular weight excluding hydrogens is 358 g/mol. The van der Waals surface area contributed by atoms with Crippen LogP contribution in [0, 0.1) is 0 Å². The fourth-order valence-corrected chi connectivity index (χ4v) is 3.46. The van der Waals surface area contributed by atoms with Gasteiger partial charge in [0.1, 0.15) is 11.0 Å². The van der Waals surface area contributed by atoms with Crippen molar-refractivity contribution in [3.8, 4) is 0 Å². The summed E-state index contributed by atoms with van der Waals surface area (Å²) in [6.45, 7) is 6.12. The Morgan fingerprint density at radius 3 is 2.56 bits per heavy atom. The van der Waals surface area contributed by atoms with Crippen LogP contribution in [-0.2, 0) is 5.75 Å². The maximum Gasteiger partial charge on any atom is 0.335 e. The Hall–Kier alpha value is -1.79. The largest absolute Gasteiger partial charge is 0.478 e. The van der Waals surface area contributed by atoms with E-state index in [1.54, 1.807) is 24.3 Å². The number of carboxylic acids is 1. The number of hydrogen-bond acceptors (Lipinski definition) is 5. The van der Waals surface area contributed by atoms with Crippen molar-refractivity contribution in [3.05, 3.63) is 46.6 Å². The number of benzene rings is 1. The number of carboxylic acid groups (broad SMARTS) is 1. The summed E-state index contributed by atoms with van der Waals surface area (Å²) in [5, 5.41) is 10.1. The minimum atomic E-state index is -0.928. The molecule has 1 N–H and O–H groups in total. The maximum atomic E-state index is 11.1. The first-order valence-electron chi connectivity index (χ1n) is 8.28. The maximum absolute atomic E-state index is 11.1. The zero-order valence-electron chi connectivity index (χ0n) is 14.4. The number of nitrogens with zero attached hydrogens (tertiary/aromatic N) is 3. The smallest absolute Gasteiger partial charge is 0.335 e. The van der Waals surface area contributed by atoms with E-state index in [9.17, 15) is 4.79 Å². The molecular formula is C18H22ClN3O2S. The summed E-state index contributed by atoms with van der Waals surface area (Å²) in [6.07, 6.45) is 2.07. The highest BCUT2D eigenvalue weighted by molar-refractivity contribution is 7.98. The summed E-state index contributed by atoms with van der Waals surface area (Å²) in [5.74, 6) is 0.496. The number of halogens is 1. The molecule has 0 saturated carbocycles. The summed E-state index contributed by atoms with van der Waals surface area (Å²) in [7, 11) is 0. The van der Waals surface area contributed by atoms with Crippen LogP contribution >= 0.6 is 23.4 Å². The Morgan fingerprint density at radius 2 is 1.92 bits per heavy atom. The molecule has 5 nitrogen and oxygen atoms in total. The van der Waals surface area contributed by atoms with Crippen LogP contribution < -0.4 is 4.90 Å². The Labute approximate surface area is 157 Å². The summed E-state index contributed by atoms with van der Waals surface area (Å²) >= 11 is 7.62. The summed E-state index contributed by atoms with van der Waals surface area (Å²) < 4.78 is 0. The standard InChI is InChI=1S/C18H22ClN3O2S/c1-3-8-22(9-4-2)16-11-15(19)20-18(21-16)25-12-13-6-5-7-14(10-13)17(23)24/h5-7,10-11H,3-4,8-9,12H2,1-2H3,(H,23,24). The lowest BCUT2D eigenvalue weighted by Crippen LogP contribution is -2.26. The highest BCUT2D eigenvalue weighted by Crippen LogP contribution is 2.25. The molecule has 1 heterocycles. The van der Waals surface area contributed by atoms with E-state index >= 15 is 0 Å². The van der Waals surface area contributed by atoms with Gasteiger partial charge in [-0.1, -0.05) is 49.3 Å². The van der Waals surface area contributed by atoms with Crippen molar-refractivity contribution in [2.45, 2.75) is 37.6 Å². The van der Waals surface area contributed by atoms with Gasteiger partial charge in [0.25, 0.3) is 0 Å². The van der Waals surface area contributed by atoms with E-state index in [0.717, 1.165) is 37.3 Å². The average molecular weight is 380 g/mol. The Kier molecular flexibility index (Phi) is 7.52. The normalized spacial score (nSPS) is 10.7. The van der Waals surface area contributed by atoms with E-state index in [4.69, 9.17) is 16.7 Å². The van der Waals surface area contributed by atoms with E-state index < -0.39 is 5.97 Å². The fraction of sp³-hybridized carbons (Fsp3) is 0.389. The average Bonchev–Trinajstić information content (AvgIpc) is 2.59. The molecule has 0 amide bonds. The third-order valence-corrected chi connectivity index (χ3v) is 4.63. The molecule has 2 aromatic rings. The SMILES string of the molecule is CCCN(CCC)c1cc(Cl)nc(SCc2cccc(C(=O)O)c2)n1. The number of aromatic carboxylic acids is 1. The zero-order chi connectivity index (χ0) is 18.2. The summed E-state index contributed by atoms with van der Waals surface area (Å²) in [5.41, 5.74) is 1.19. The molecule has 1 aromatic carbocycles. The second-order valence-corrected chi connectivity index (χ2v) is 6.94. The highest BCUT2D eigenvalue weighted by atomic mass is 35.5. The first kappa shape index (κ1) is 19.5. The molecule has 0 aliphatic heterocycles. The summed E-state index contributed by atoms with van der Waals surface area (Å²) in [6, 6.07) is 8.68. The van der Waals surface area contributed by atoms with E-state index in [2.05, 4.69) is 28.7 Å². The van der Waals surface area contributed by atoms with Crippen molar-refractivity contribution >= 4 is 35.1 Å². The quantitative estimate of drug-likeness (QED) is 0.385. The Balaban J connectivity index is 2.14. The molecule has 0 aliphatic carbocycles. The molecule has 0 aliphatic rings. The van der Waals surface area contributed by atoms with Crippen LogP contribution in [0.1, 0.15) is 42.6 Å². The number of rotatable bonds is 9. The van der Waals surface area contributed by atoms with Gasteiger partial charge in [-0.2, -0.15) is 0 Å². The molecule has 0 atom stereocenters. The van der Waals surface area contributed by atoms with E-state index in [0.29, 0.717) is 16.1 Å². The van der Waals surface area contributed by atoms with Crippen molar-refractivity contribution in [1.82, 2.24) is 9.97 Å². The van der Waals surface area contributed by atoms with Crippen LogP contribution in [0.15, 0.2) is 35.5 Å². The van der Waals surface area contributed by atoms with E-state index in [1.807, 2.05) is 6.07 Å². The van der Waals surface area contributed by atoms with Crippen molar-refractivity contribution in [1.29, 1.82) is 0 Å². The van der Waals surface area contributed by atoms with Crippen molar-refractivity contribution in [2.75, 3.05) is 18.0 Å². The lowest BCUT2D eigenvalue weighted by atomic mass is 10.1. The minimum Gasteiger partial charge on any atom is -0.478 e. The third-order valence-electron chi connectivity index (χ3n) is 3.51. The second-order valence-electron chi connectivity index (χ2n) is 5.61. The Bertz CT molecular complexity index is 721. The molecule has 2 rings (SSSR count). The molecule has 0 bridgehead atoms. The molecule has 0 fully saturated rings. The minimum absolute atomic E-state index is 0.280. The highest BCUT2D eigenvalue weighted by Gasteiger charge is 2.11. The van der Waals surface area contributed by atoms with Crippen LogP contribution in [0.5, 0.6) is 0 Å². The molecule has 0 saturated heterocycles. The van der Waals surface area contributed by atoms with Gasteiger partial charge in [-0.25, -0.2) is 14.8 Å². The van der Waals surface area contributed by atoms with E-state index in [1.165, 1.54) is 11.8 Å². The van der Waals surface area contributed by atoms with Gasteiger partial charge in [0.15, 0.2) is 5.16 Å². The van der Waals surface area contributed by atoms with Crippen LogP contribution in [0.3, 0.4) is 0 Å². The lowest BCUT2D eigenvalue weighted by Gasteiger charge is -2.22. The van der Waals surface area contributed by atoms with Crippen LogP contribution in [0.4, 0.5) is 5.82 Å². The number of anilines is 1. The zero-order valence-corrected chi connectivity index (χ0v) is 16.0. The topological polar surface area (TPSA) is 66.3 Å². The Morgan fingerprint density at radius 1 is 1.20 bits per heavy atom. The predicted octanol–water partition coefficient (Wildman–Crippen LogP) is 4.75. The third kappa shape index (κ3) is 5.90. The molecule has 0 spiro atoms. The number of hydrogen-bond donors (Lipinski definition) is 1. The molecule has 0 unspecified atom stereocenters. The van der Waals surface area contributed by atoms with Gasteiger partial charge in [-0.05, 0) is 30.5 Å². The molecule has 134 valence electrons. The molecule has 1 aromatic heterocycles. The van der Waals surface area contributed by atoms with Gasteiger partial charge in [-0.15, -0.1) is 0 Å². The van der Waals surface area contributed by atoms with Crippen LogP contribution in [-0.4, -0.2) is 34.1 Å². The van der Waals surface area contributed by atoms with E-state index in [-0.39, 0.29) is 5.56 Å². The summed E-state index contributed by atoms with van der Waals surface area (Å²) in [4.78, 5) is 22.2. The number of carbonyl (C=O) groups is 1. The molecule has 25 heavy (non-hydrogen) atoms. The second kappa shape index (κ2) is 9.63. The first-order chi connectivity index (χ1) is 12.0. The number of aromatic nitrogens is 2. The predicted molar refractivity (Wildman–Crippen MR) is 103 cm³/mol. The monoisotopic (exact) mass is 379 g/mol. The van der Waals surface area contributed by atoms with Gasteiger partial charge < -0.3 is 10.0 Å². The van der Waals surface area contributed by atoms with Gasteiger partial charge >= 0.3 is 5.97 Å². The van der Waals surface area contributed by atoms with Crippen molar-refractivity contribution in [2.24, 2.45) is 0 Å². The van der Waals surface area contributed by atoms with Crippen LogP contribution in [0.2, 0.25) is 5.15 Å². The van der Waals surface area contributed by atoms with Gasteiger partial charge in [0.05, 0.1) is 5.56 Å². The first-order valence-corrected chi connectivity index (χ1v) is 9.64. The van der Waals surface area contributed by atoms with Crippen LogP contribution in [0.25, 0.3) is 0 Å². The fourth-order valence-electron chi connectivity index (χ4n) is 2.43. The van der Waals surface area contributed by atoms with Gasteiger partial charge in [0.2, 0.25) is 0 Å². The van der Waals surface area contributed by atoms with Crippen molar-refractivity contribution in [3.63, 3.8) is 0 Å². The van der Waals surface area contributed by atoms with Gasteiger partial charge in [0, 0.05) is 24.9 Å². The molecule has 7 heteroatoms. The van der Waals surface area contributed by atoms with Crippen molar-refractivity contribution < 1.29 is 9.90 Å². The lowest BCUT2D eigenvalue weighted by molar-refractivity contribution is 0.0697. The number of thioether (sulfide) groups is 1.